The van der Waals surface area contributed by atoms with Gasteiger partial charge in [-0.2, -0.15) is 0 Å². The Balaban J connectivity index is 1.58. The van der Waals surface area contributed by atoms with Gasteiger partial charge in [-0.15, -0.1) is 0 Å². The van der Waals surface area contributed by atoms with Crippen molar-refractivity contribution in [2.24, 2.45) is 11.8 Å². The molecule has 0 aromatic heterocycles. The van der Waals surface area contributed by atoms with Crippen LogP contribution in [0.4, 0.5) is 0 Å². The van der Waals surface area contributed by atoms with Crippen molar-refractivity contribution < 1.29 is 0 Å². The van der Waals surface area contributed by atoms with E-state index in [0.717, 1.165) is 17.9 Å². The van der Waals surface area contributed by atoms with E-state index in [1.807, 2.05) is 0 Å². The van der Waals surface area contributed by atoms with Crippen LogP contribution in [0.5, 0.6) is 0 Å². The van der Waals surface area contributed by atoms with Gasteiger partial charge in [-0.3, -0.25) is 0 Å². The quantitative estimate of drug-likeness (QED) is 0.842. The highest BCUT2D eigenvalue weighted by Crippen LogP contribution is 2.38. The lowest BCUT2D eigenvalue weighted by Crippen LogP contribution is -2.27. The van der Waals surface area contributed by atoms with Gasteiger partial charge in [0, 0.05) is 10.5 Å². The van der Waals surface area contributed by atoms with Crippen LogP contribution in [-0.4, -0.2) is 12.6 Å². The van der Waals surface area contributed by atoms with Gasteiger partial charge in [-0.1, -0.05) is 28.1 Å². The van der Waals surface area contributed by atoms with E-state index in [0.29, 0.717) is 0 Å². The van der Waals surface area contributed by atoms with Crippen molar-refractivity contribution in [2.75, 3.05) is 6.54 Å². The van der Waals surface area contributed by atoms with Crippen molar-refractivity contribution in [3.63, 3.8) is 0 Å². The highest BCUT2D eigenvalue weighted by molar-refractivity contribution is 9.10. The normalized spacial score (nSPS) is 21.5. The first kappa shape index (κ1) is 11.7. The highest BCUT2D eigenvalue weighted by Gasteiger charge is 2.32. The molecule has 0 spiro atoms. The van der Waals surface area contributed by atoms with Crippen molar-refractivity contribution in [3.8, 4) is 0 Å². The predicted molar refractivity (Wildman–Crippen MR) is 75.1 cm³/mol. The molecule has 0 heterocycles. The monoisotopic (exact) mass is 293 g/mol. The third-order valence-corrected chi connectivity index (χ3v) is 4.41. The highest BCUT2D eigenvalue weighted by atomic mass is 79.9. The molecule has 17 heavy (non-hydrogen) atoms. The van der Waals surface area contributed by atoms with E-state index in [-0.39, 0.29) is 0 Å². The van der Waals surface area contributed by atoms with Crippen molar-refractivity contribution in [1.82, 2.24) is 5.32 Å². The van der Waals surface area contributed by atoms with Crippen LogP contribution in [0.25, 0.3) is 0 Å². The van der Waals surface area contributed by atoms with E-state index in [2.05, 4.69) is 45.5 Å². The number of nitrogens with one attached hydrogen (secondary N) is 1. The number of hydrogen-bond donors (Lipinski definition) is 1. The molecule has 0 saturated heterocycles. The molecule has 1 aromatic carbocycles. The zero-order chi connectivity index (χ0) is 11.7. The molecule has 3 rings (SSSR count). The van der Waals surface area contributed by atoms with E-state index in [9.17, 15) is 0 Å². The van der Waals surface area contributed by atoms with Gasteiger partial charge in [0.1, 0.15) is 0 Å². The standard InChI is InChI=1S/C15H20BrN/c16-14-3-1-2-11(9-14)8-13(12-4-5-12)10-17-15-6-7-15/h1-3,9,12-13,15,17H,4-8,10H2. The molecule has 0 aliphatic heterocycles. The molecule has 1 atom stereocenters. The topological polar surface area (TPSA) is 12.0 Å². The van der Waals surface area contributed by atoms with Crippen LogP contribution >= 0.6 is 15.9 Å². The van der Waals surface area contributed by atoms with Gasteiger partial charge in [0.15, 0.2) is 0 Å². The maximum absolute atomic E-state index is 3.70. The summed E-state index contributed by atoms with van der Waals surface area (Å²) in [5.41, 5.74) is 1.48. The first-order valence-corrected chi connectivity index (χ1v) is 7.58. The maximum atomic E-state index is 3.70. The van der Waals surface area contributed by atoms with Crippen LogP contribution in [0.2, 0.25) is 0 Å². The molecule has 1 unspecified atom stereocenters. The van der Waals surface area contributed by atoms with E-state index < -0.39 is 0 Å². The van der Waals surface area contributed by atoms with Crippen LogP contribution in [0.15, 0.2) is 28.7 Å². The maximum Gasteiger partial charge on any atom is 0.0177 e. The average molecular weight is 294 g/mol. The van der Waals surface area contributed by atoms with Crippen molar-refractivity contribution in [1.29, 1.82) is 0 Å². The lowest BCUT2D eigenvalue weighted by atomic mass is 9.94. The summed E-state index contributed by atoms with van der Waals surface area (Å²) in [7, 11) is 0. The number of rotatable bonds is 6. The van der Waals surface area contributed by atoms with E-state index in [4.69, 9.17) is 0 Å². The second-order valence-electron chi connectivity index (χ2n) is 5.61. The first-order chi connectivity index (χ1) is 8.31. The molecule has 0 bridgehead atoms. The molecule has 2 aliphatic rings. The van der Waals surface area contributed by atoms with E-state index in [1.54, 1.807) is 0 Å². The summed E-state index contributed by atoms with van der Waals surface area (Å²) >= 11 is 3.56. The minimum atomic E-state index is 0.846. The zero-order valence-corrected chi connectivity index (χ0v) is 11.7. The summed E-state index contributed by atoms with van der Waals surface area (Å²) in [4.78, 5) is 0. The SMILES string of the molecule is Brc1cccc(CC(CNC2CC2)C2CC2)c1. The van der Waals surface area contributed by atoms with Crippen LogP contribution in [0.3, 0.4) is 0 Å². The minimum absolute atomic E-state index is 0.846. The molecule has 2 heteroatoms. The van der Waals surface area contributed by atoms with Crippen LogP contribution in [0.1, 0.15) is 31.2 Å². The summed E-state index contributed by atoms with van der Waals surface area (Å²) in [6, 6.07) is 9.64. The molecule has 2 saturated carbocycles. The molecular weight excluding hydrogens is 274 g/mol. The Labute approximate surface area is 112 Å². The van der Waals surface area contributed by atoms with Crippen LogP contribution in [0, 0.1) is 11.8 Å². The number of hydrogen-bond acceptors (Lipinski definition) is 1. The molecule has 1 aromatic rings. The fraction of sp³-hybridized carbons (Fsp3) is 0.600. The Hall–Kier alpha value is -0.340. The second-order valence-corrected chi connectivity index (χ2v) is 6.53. The second kappa shape index (κ2) is 5.11. The van der Waals surface area contributed by atoms with Gasteiger partial charge >= 0.3 is 0 Å². The number of halogens is 1. The summed E-state index contributed by atoms with van der Waals surface area (Å²) in [5, 5.41) is 3.70. The fourth-order valence-corrected chi connectivity index (χ4v) is 2.99. The fourth-order valence-electron chi connectivity index (χ4n) is 2.55. The van der Waals surface area contributed by atoms with Gasteiger partial charge in [0.05, 0.1) is 0 Å². The smallest absolute Gasteiger partial charge is 0.0177 e. The molecule has 92 valence electrons. The third kappa shape index (κ3) is 3.56. The Morgan fingerprint density at radius 3 is 2.71 bits per heavy atom. The van der Waals surface area contributed by atoms with Gasteiger partial charge in [-0.05, 0) is 68.2 Å². The molecule has 1 nitrogen and oxygen atoms in total. The summed E-state index contributed by atoms with van der Waals surface area (Å²) in [6.45, 7) is 1.22. The van der Waals surface area contributed by atoms with Crippen LogP contribution in [-0.2, 0) is 6.42 Å². The van der Waals surface area contributed by atoms with Crippen LogP contribution < -0.4 is 5.32 Å². The predicted octanol–water partition coefficient (Wildman–Crippen LogP) is 3.77. The molecule has 1 N–H and O–H groups in total. The lowest BCUT2D eigenvalue weighted by molar-refractivity contribution is 0.422. The summed E-state index contributed by atoms with van der Waals surface area (Å²) in [6.07, 6.45) is 6.93. The Kier molecular flexibility index (Phi) is 3.53. The van der Waals surface area contributed by atoms with Crippen molar-refractivity contribution in [3.05, 3.63) is 34.3 Å². The van der Waals surface area contributed by atoms with Gasteiger partial charge < -0.3 is 5.32 Å². The van der Waals surface area contributed by atoms with Crippen molar-refractivity contribution >= 4 is 15.9 Å². The summed E-state index contributed by atoms with van der Waals surface area (Å²) < 4.78 is 1.21. The zero-order valence-electron chi connectivity index (χ0n) is 10.2. The van der Waals surface area contributed by atoms with E-state index >= 15 is 0 Å². The molecule has 0 amide bonds. The first-order valence-electron chi connectivity index (χ1n) is 6.79. The van der Waals surface area contributed by atoms with Crippen molar-refractivity contribution in [2.45, 2.75) is 38.1 Å². The average Bonchev–Trinajstić information content (AvgIpc) is 3.15. The third-order valence-electron chi connectivity index (χ3n) is 3.92. The minimum Gasteiger partial charge on any atom is -0.314 e. The summed E-state index contributed by atoms with van der Waals surface area (Å²) in [5.74, 6) is 1.84. The van der Waals surface area contributed by atoms with Gasteiger partial charge in [0.2, 0.25) is 0 Å². The molecule has 2 fully saturated rings. The Morgan fingerprint density at radius 2 is 2.06 bits per heavy atom. The largest absolute Gasteiger partial charge is 0.314 e. The lowest BCUT2D eigenvalue weighted by Gasteiger charge is -2.17. The number of benzene rings is 1. The van der Waals surface area contributed by atoms with E-state index in [1.165, 1.54) is 48.7 Å². The molecule has 2 aliphatic carbocycles. The Bertz CT molecular complexity index is 382. The molecular formula is C15H20BrN. The Morgan fingerprint density at radius 1 is 1.24 bits per heavy atom. The van der Waals surface area contributed by atoms with Gasteiger partial charge in [-0.25, -0.2) is 0 Å². The van der Waals surface area contributed by atoms with Gasteiger partial charge in [0.25, 0.3) is 0 Å². The molecule has 0 radical (unpaired) electrons.